The van der Waals surface area contributed by atoms with Crippen molar-refractivity contribution in [1.82, 2.24) is 0 Å². The van der Waals surface area contributed by atoms with Crippen LogP contribution in [0.4, 0.5) is 0 Å². The molecule has 1 N–H and O–H groups in total. The zero-order valence-electron chi connectivity index (χ0n) is 6.75. The molecule has 3 nitrogen and oxygen atoms in total. The number of carboxylic acid groups (broad SMARTS) is 1. The zero-order valence-corrected chi connectivity index (χ0v) is 8.75. The molecule has 0 spiro atoms. The normalized spacial score (nSPS) is 30.6. The predicted octanol–water partition coefficient (Wildman–Crippen LogP) is -3.71. The van der Waals surface area contributed by atoms with Crippen molar-refractivity contribution in [2.75, 3.05) is 0 Å². The van der Waals surface area contributed by atoms with Crippen LogP contribution in [-0.4, -0.2) is 17.2 Å². The van der Waals surface area contributed by atoms with Crippen molar-refractivity contribution in [2.24, 2.45) is 5.92 Å². The maximum Gasteiger partial charge on any atom is 1.00 e. The Kier molecular flexibility index (Phi) is 5.34. The zero-order chi connectivity index (χ0) is 7.56. The summed E-state index contributed by atoms with van der Waals surface area (Å²) < 4.78 is 0. The predicted molar refractivity (Wildman–Crippen MR) is 33.0 cm³/mol. The first-order chi connectivity index (χ1) is 4.72. The fourth-order valence-corrected chi connectivity index (χ4v) is 1.39. The SMILES string of the molecule is O=C([O-])C1CCCCC1O.[Na+]. The van der Waals surface area contributed by atoms with Crippen molar-refractivity contribution in [1.29, 1.82) is 0 Å². The molecule has 0 amide bonds. The minimum absolute atomic E-state index is 0. The molecular weight excluding hydrogens is 155 g/mol. The van der Waals surface area contributed by atoms with Crippen molar-refractivity contribution in [2.45, 2.75) is 31.8 Å². The number of carboxylic acids is 1. The summed E-state index contributed by atoms with van der Waals surface area (Å²) >= 11 is 0. The average Bonchev–Trinajstić information content (AvgIpc) is 1.88. The third-order valence-electron chi connectivity index (χ3n) is 2.03. The summed E-state index contributed by atoms with van der Waals surface area (Å²) in [5, 5.41) is 19.4. The van der Waals surface area contributed by atoms with Crippen LogP contribution in [0.3, 0.4) is 0 Å². The molecule has 1 aliphatic rings. The Bertz CT molecular complexity index is 138. The summed E-state index contributed by atoms with van der Waals surface area (Å²) in [7, 11) is 0. The Labute approximate surface area is 88.1 Å². The van der Waals surface area contributed by atoms with E-state index < -0.39 is 18.0 Å². The Balaban J connectivity index is 0.000001000. The number of aliphatic hydroxyl groups excluding tert-OH is 1. The quantitative estimate of drug-likeness (QED) is 0.408. The molecule has 0 aromatic carbocycles. The number of hydrogen-bond donors (Lipinski definition) is 1. The Morgan fingerprint density at radius 2 is 1.91 bits per heavy atom. The second-order valence-electron chi connectivity index (χ2n) is 2.78. The molecule has 1 saturated carbocycles. The molecule has 0 bridgehead atoms. The van der Waals surface area contributed by atoms with Crippen LogP contribution in [0.1, 0.15) is 25.7 Å². The van der Waals surface area contributed by atoms with Gasteiger partial charge in [-0.2, -0.15) is 0 Å². The van der Waals surface area contributed by atoms with Crippen LogP contribution in [0, 0.1) is 5.92 Å². The van der Waals surface area contributed by atoms with E-state index in [1.807, 2.05) is 0 Å². The molecule has 11 heavy (non-hydrogen) atoms. The van der Waals surface area contributed by atoms with Gasteiger partial charge in [0.1, 0.15) is 0 Å². The van der Waals surface area contributed by atoms with Crippen LogP contribution >= 0.6 is 0 Å². The average molecular weight is 166 g/mol. The third-order valence-corrected chi connectivity index (χ3v) is 2.03. The van der Waals surface area contributed by atoms with Gasteiger partial charge in [0, 0.05) is 11.9 Å². The molecular formula is C7H11NaO3. The van der Waals surface area contributed by atoms with E-state index in [0.29, 0.717) is 12.8 Å². The van der Waals surface area contributed by atoms with Gasteiger partial charge in [-0.15, -0.1) is 0 Å². The number of aliphatic hydroxyl groups is 1. The molecule has 2 unspecified atom stereocenters. The second kappa shape index (κ2) is 5.14. The smallest absolute Gasteiger partial charge is 0.550 e. The first-order valence-electron chi connectivity index (χ1n) is 3.60. The monoisotopic (exact) mass is 166 g/mol. The number of aliphatic carboxylic acids is 1. The summed E-state index contributed by atoms with van der Waals surface area (Å²) in [6.45, 7) is 0. The number of carbonyl (C=O) groups excluding carboxylic acids is 1. The van der Waals surface area contributed by atoms with Gasteiger partial charge < -0.3 is 15.0 Å². The first-order valence-corrected chi connectivity index (χ1v) is 3.60. The van der Waals surface area contributed by atoms with Crippen LogP contribution in [0.2, 0.25) is 0 Å². The van der Waals surface area contributed by atoms with Gasteiger partial charge in [-0.25, -0.2) is 0 Å². The van der Waals surface area contributed by atoms with Gasteiger partial charge in [0.2, 0.25) is 0 Å². The molecule has 0 aliphatic heterocycles. The molecule has 0 heterocycles. The van der Waals surface area contributed by atoms with Crippen LogP contribution in [-0.2, 0) is 4.79 Å². The molecule has 4 heteroatoms. The summed E-state index contributed by atoms with van der Waals surface area (Å²) in [5.41, 5.74) is 0. The van der Waals surface area contributed by atoms with Crippen LogP contribution in [0.15, 0.2) is 0 Å². The van der Waals surface area contributed by atoms with E-state index in [2.05, 4.69) is 0 Å². The van der Waals surface area contributed by atoms with Gasteiger partial charge in [-0.05, 0) is 12.8 Å². The van der Waals surface area contributed by atoms with E-state index in [1.54, 1.807) is 0 Å². The van der Waals surface area contributed by atoms with Gasteiger partial charge >= 0.3 is 29.6 Å². The first kappa shape index (κ1) is 11.4. The Hall–Kier alpha value is 0.430. The van der Waals surface area contributed by atoms with E-state index in [4.69, 9.17) is 5.11 Å². The summed E-state index contributed by atoms with van der Waals surface area (Å²) in [5.74, 6) is -1.72. The number of rotatable bonds is 1. The fraction of sp³-hybridized carbons (Fsp3) is 0.857. The van der Waals surface area contributed by atoms with Crippen molar-refractivity contribution < 1.29 is 44.6 Å². The largest absolute Gasteiger partial charge is 1.00 e. The fourth-order valence-electron chi connectivity index (χ4n) is 1.39. The third kappa shape index (κ3) is 3.11. The van der Waals surface area contributed by atoms with E-state index in [-0.39, 0.29) is 29.6 Å². The Morgan fingerprint density at radius 1 is 1.36 bits per heavy atom. The molecule has 1 aliphatic carbocycles. The minimum atomic E-state index is -1.10. The van der Waals surface area contributed by atoms with Gasteiger partial charge in [0.05, 0.1) is 6.10 Å². The van der Waals surface area contributed by atoms with Crippen molar-refractivity contribution in [3.8, 4) is 0 Å². The molecule has 1 fully saturated rings. The topological polar surface area (TPSA) is 60.4 Å². The van der Waals surface area contributed by atoms with Crippen LogP contribution in [0.25, 0.3) is 0 Å². The summed E-state index contributed by atoms with van der Waals surface area (Å²) in [6, 6.07) is 0. The molecule has 58 valence electrons. The summed E-state index contributed by atoms with van der Waals surface area (Å²) in [6.07, 6.45) is 2.35. The molecule has 0 aromatic heterocycles. The van der Waals surface area contributed by atoms with E-state index >= 15 is 0 Å². The number of carbonyl (C=O) groups is 1. The van der Waals surface area contributed by atoms with Crippen LogP contribution < -0.4 is 34.7 Å². The molecule has 0 saturated heterocycles. The maximum atomic E-state index is 10.3. The van der Waals surface area contributed by atoms with Gasteiger partial charge in [-0.3, -0.25) is 0 Å². The standard InChI is InChI=1S/C7H12O3.Na/c8-6-4-2-1-3-5(6)7(9)10;/h5-6,8H,1-4H2,(H,9,10);/q;+1/p-1. The van der Waals surface area contributed by atoms with Gasteiger partial charge in [0.15, 0.2) is 0 Å². The number of hydrogen-bond acceptors (Lipinski definition) is 3. The summed E-state index contributed by atoms with van der Waals surface area (Å²) in [4.78, 5) is 10.3. The van der Waals surface area contributed by atoms with Crippen LogP contribution in [0.5, 0.6) is 0 Å². The minimum Gasteiger partial charge on any atom is -0.550 e. The van der Waals surface area contributed by atoms with Crippen molar-refractivity contribution in [3.63, 3.8) is 0 Å². The molecule has 2 atom stereocenters. The molecule has 0 radical (unpaired) electrons. The maximum absolute atomic E-state index is 10.3. The molecule has 1 rings (SSSR count). The Morgan fingerprint density at radius 3 is 2.27 bits per heavy atom. The van der Waals surface area contributed by atoms with Gasteiger partial charge in [-0.1, -0.05) is 12.8 Å². The van der Waals surface area contributed by atoms with E-state index in [9.17, 15) is 9.90 Å². The van der Waals surface area contributed by atoms with Gasteiger partial charge in [0.25, 0.3) is 0 Å². The van der Waals surface area contributed by atoms with E-state index in [1.165, 1.54) is 0 Å². The van der Waals surface area contributed by atoms with Crippen molar-refractivity contribution in [3.05, 3.63) is 0 Å². The van der Waals surface area contributed by atoms with E-state index in [0.717, 1.165) is 12.8 Å². The van der Waals surface area contributed by atoms with Crippen molar-refractivity contribution >= 4 is 5.97 Å². The molecule has 0 aromatic rings. The second-order valence-corrected chi connectivity index (χ2v) is 2.78.